The number of fused-ring (bicyclic) bond motifs is 1. The number of hydrogen-bond acceptors (Lipinski definition) is 4. The van der Waals surface area contributed by atoms with Gasteiger partial charge in [0.05, 0.1) is 11.7 Å². The van der Waals surface area contributed by atoms with Crippen LogP contribution in [0.5, 0.6) is 0 Å². The third-order valence-electron chi connectivity index (χ3n) is 3.38. The summed E-state index contributed by atoms with van der Waals surface area (Å²) in [6, 6.07) is -0.487. The average Bonchev–Trinajstić information content (AvgIpc) is 2.70. The quantitative estimate of drug-likeness (QED) is 0.898. The number of rotatable bonds is 4. The van der Waals surface area contributed by atoms with Crippen LogP contribution >= 0.6 is 23.7 Å². The number of aromatic nitrogens is 1. The molecule has 3 N–H and O–H groups in total. The third-order valence-corrected chi connectivity index (χ3v) is 4.42. The zero-order valence-electron chi connectivity index (χ0n) is 11.4. The highest BCUT2D eigenvalue weighted by Crippen LogP contribution is 2.33. The molecule has 0 spiro atoms. The number of thiazole rings is 1. The van der Waals surface area contributed by atoms with E-state index in [1.54, 1.807) is 18.3 Å². The Labute approximate surface area is 124 Å². The van der Waals surface area contributed by atoms with E-state index in [0.717, 1.165) is 18.8 Å². The Bertz CT molecular complexity index is 434. The first-order valence-corrected chi connectivity index (χ1v) is 7.46. The van der Waals surface area contributed by atoms with Crippen LogP contribution in [0, 0.1) is 5.92 Å². The van der Waals surface area contributed by atoms with E-state index >= 15 is 0 Å². The van der Waals surface area contributed by atoms with Crippen molar-refractivity contribution in [1.29, 1.82) is 0 Å². The highest BCUT2D eigenvalue weighted by atomic mass is 35.5. The van der Waals surface area contributed by atoms with Crippen molar-refractivity contribution in [3.8, 4) is 0 Å². The summed E-state index contributed by atoms with van der Waals surface area (Å²) in [5, 5.41) is 3.50. The topological polar surface area (TPSA) is 68.0 Å². The smallest absolute Gasteiger partial charge is 0.242 e. The minimum Gasteiger partial charge on any atom is -0.320 e. The lowest BCUT2D eigenvalue weighted by atomic mass is 9.88. The maximum atomic E-state index is 11.5. The molecule has 0 saturated heterocycles. The SMILES string of the molecule is CCCC1CCc2nc(NC(=O)[C@@H](C)N)sc2C1.Cl. The standard InChI is InChI=1S/C13H21N3OS.ClH/c1-3-4-9-5-6-10-11(7-9)18-13(15-10)16-12(17)8(2)14;/h8-9H,3-7,14H2,1-2H3,(H,15,16,17);1H/t8-,9?;/m1./s1. The van der Waals surface area contributed by atoms with E-state index in [4.69, 9.17) is 5.73 Å². The number of nitrogens with zero attached hydrogens (tertiary/aromatic N) is 1. The molecule has 2 atom stereocenters. The molecule has 1 aliphatic rings. The van der Waals surface area contributed by atoms with E-state index in [1.165, 1.54) is 29.8 Å². The highest BCUT2D eigenvalue weighted by molar-refractivity contribution is 7.15. The van der Waals surface area contributed by atoms with Gasteiger partial charge < -0.3 is 11.1 Å². The van der Waals surface area contributed by atoms with Crippen LogP contribution in [-0.2, 0) is 17.6 Å². The van der Waals surface area contributed by atoms with Crippen molar-refractivity contribution in [2.45, 2.75) is 52.0 Å². The molecule has 1 unspecified atom stereocenters. The Hall–Kier alpha value is -0.650. The largest absolute Gasteiger partial charge is 0.320 e. The van der Waals surface area contributed by atoms with E-state index in [2.05, 4.69) is 17.2 Å². The van der Waals surface area contributed by atoms with Gasteiger partial charge in [-0.1, -0.05) is 19.8 Å². The van der Waals surface area contributed by atoms with Crippen LogP contribution in [0.25, 0.3) is 0 Å². The molecular weight excluding hydrogens is 282 g/mol. The normalized spacial score (nSPS) is 19.2. The first kappa shape index (κ1) is 16.4. The minimum absolute atomic E-state index is 0. The molecule has 0 aromatic carbocycles. The Kier molecular flexibility index (Phi) is 6.23. The summed E-state index contributed by atoms with van der Waals surface area (Å²) < 4.78 is 0. The molecule has 1 aliphatic carbocycles. The van der Waals surface area contributed by atoms with Gasteiger partial charge in [0.2, 0.25) is 5.91 Å². The fourth-order valence-electron chi connectivity index (χ4n) is 2.37. The number of amides is 1. The summed E-state index contributed by atoms with van der Waals surface area (Å²) in [6.07, 6.45) is 5.93. The first-order chi connectivity index (χ1) is 8.60. The van der Waals surface area contributed by atoms with Gasteiger partial charge in [-0.3, -0.25) is 4.79 Å². The molecule has 4 nitrogen and oxygen atoms in total. The predicted molar refractivity (Wildman–Crippen MR) is 82.1 cm³/mol. The number of aryl methyl sites for hydroxylation is 1. The molecular formula is C13H22ClN3OS. The van der Waals surface area contributed by atoms with Gasteiger partial charge in [-0.25, -0.2) is 4.98 Å². The molecule has 1 aromatic rings. The van der Waals surface area contributed by atoms with Gasteiger partial charge in [0, 0.05) is 4.88 Å². The second-order valence-electron chi connectivity index (χ2n) is 5.06. The van der Waals surface area contributed by atoms with Crippen LogP contribution in [0.2, 0.25) is 0 Å². The van der Waals surface area contributed by atoms with Crippen molar-refractivity contribution < 1.29 is 4.79 Å². The van der Waals surface area contributed by atoms with Crippen molar-refractivity contribution in [3.05, 3.63) is 10.6 Å². The van der Waals surface area contributed by atoms with Crippen LogP contribution in [0.4, 0.5) is 5.13 Å². The fraction of sp³-hybridized carbons (Fsp3) is 0.692. The zero-order chi connectivity index (χ0) is 13.1. The number of nitrogens with two attached hydrogens (primary N) is 1. The molecule has 19 heavy (non-hydrogen) atoms. The fourth-order valence-corrected chi connectivity index (χ4v) is 3.50. The molecule has 0 fully saturated rings. The summed E-state index contributed by atoms with van der Waals surface area (Å²) in [6.45, 7) is 3.91. The van der Waals surface area contributed by atoms with Crippen molar-refractivity contribution >= 4 is 34.8 Å². The van der Waals surface area contributed by atoms with Gasteiger partial charge in [0.25, 0.3) is 0 Å². The molecule has 2 rings (SSSR count). The van der Waals surface area contributed by atoms with E-state index in [1.807, 2.05) is 0 Å². The van der Waals surface area contributed by atoms with Crippen LogP contribution in [0.15, 0.2) is 0 Å². The zero-order valence-corrected chi connectivity index (χ0v) is 13.1. The van der Waals surface area contributed by atoms with Gasteiger partial charge in [-0.15, -0.1) is 23.7 Å². The van der Waals surface area contributed by atoms with Crippen molar-refractivity contribution in [2.24, 2.45) is 11.7 Å². The molecule has 6 heteroatoms. The van der Waals surface area contributed by atoms with Gasteiger partial charge in [-0.05, 0) is 32.1 Å². The molecule has 1 amide bonds. The van der Waals surface area contributed by atoms with Gasteiger partial charge in [0.1, 0.15) is 0 Å². The summed E-state index contributed by atoms with van der Waals surface area (Å²) >= 11 is 1.61. The summed E-state index contributed by atoms with van der Waals surface area (Å²) in [5.74, 6) is 0.631. The van der Waals surface area contributed by atoms with E-state index in [9.17, 15) is 4.79 Å². The lowest BCUT2D eigenvalue weighted by Crippen LogP contribution is -2.32. The number of carbonyl (C=O) groups is 1. The van der Waals surface area contributed by atoms with E-state index in [0.29, 0.717) is 5.13 Å². The lowest BCUT2D eigenvalue weighted by Gasteiger charge is -2.19. The van der Waals surface area contributed by atoms with Crippen LogP contribution in [0.1, 0.15) is 43.7 Å². The Morgan fingerprint density at radius 1 is 1.63 bits per heavy atom. The maximum Gasteiger partial charge on any atom is 0.242 e. The van der Waals surface area contributed by atoms with Crippen LogP contribution < -0.4 is 11.1 Å². The number of nitrogens with one attached hydrogen (secondary N) is 1. The van der Waals surface area contributed by atoms with E-state index in [-0.39, 0.29) is 18.3 Å². The van der Waals surface area contributed by atoms with Crippen LogP contribution in [-0.4, -0.2) is 16.9 Å². The Morgan fingerprint density at radius 2 is 2.37 bits per heavy atom. The van der Waals surface area contributed by atoms with Gasteiger partial charge in [-0.2, -0.15) is 0 Å². The average molecular weight is 304 g/mol. The lowest BCUT2D eigenvalue weighted by molar-refractivity contribution is -0.117. The number of hydrogen-bond donors (Lipinski definition) is 2. The van der Waals surface area contributed by atoms with Crippen molar-refractivity contribution in [3.63, 3.8) is 0 Å². The van der Waals surface area contributed by atoms with Gasteiger partial charge in [0.15, 0.2) is 5.13 Å². The second-order valence-corrected chi connectivity index (χ2v) is 6.15. The number of halogens is 1. The highest BCUT2D eigenvalue weighted by Gasteiger charge is 2.22. The summed E-state index contributed by atoms with van der Waals surface area (Å²) in [7, 11) is 0. The molecule has 0 bridgehead atoms. The number of carbonyl (C=O) groups excluding carboxylic acids is 1. The second kappa shape index (κ2) is 7.22. The summed E-state index contributed by atoms with van der Waals surface area (Å²) in [4.78, 5) is 17.4. The summed E-state index contributed by atoms with van der Waals surface area (Å²) in [5.41, 5.74) is 6.71. The molecule has 0 saturated carbocycles. The van der Waals surface area contributed by atoms with Crippen molar-refractivity contribution in [1.82, 2.24) is 4.98 Å². The predicted octanol–water partition coefficient (Wildman–Crippen LogP) is 2.76. The minimum atomic E-state index is -0.487. The molecule has 0 radical (unpaired) electrons. The first-order valence-electron chi connectivity index (χ1n) is 6.65. The molecule has 1 aromatic heterocycles. The Balaban J connectivity index is 0.00000180. The van der Waals surface area contributed by atoms with Crippen LogP contribution in [0.3, 0.4) is 0 Å². The monoisotopic (exact) mass is 303 g/mol. The number of anilines is 1. The Morgan fingerprint density at radius 3 is 3.00 bits per heavy atom. The molecule has 108 valence electrons. The third kappa shape index (κ3) is 4.16. The molecule has 0 aliphatic heterocycles. The molecule has 1 heterocycles. The maximum absolute atomic E-state index is 11.5. The van der Waals surface area contributed by atoms with Gasteiger partial charge >= 0.3 is 0 Å². The van der Waals surface area contributed by atoms with E-state index < -0.39 is 6.04 Å². The van der Waals surface area contributed by atoms with Crippen molar-refractivity contribution in [2.75, 3.05) is 5.32 Å².